The highest BCUT2D eigenvalue weighted by atomic mass is 32.2. The molecular weight excluding hydrogens is 328 g/mol. The first-order chi connectivity index (χ1) is 11.6. The molecule has 2 heterocycles. The van der Waals surface area contributed by atoms with Crippen molar-refractivity contribution in [1.29, 1.82) is 0 Å². The lowest BCUT2D eigenvalue weighted by Crippen LogP contribution is -2.41. The maximum absolute atomic E-state index is 12.3. The number of likely N-dealkylation sites (tertiary alicyclic amines) is 1. The first-order valence-corrected chi connectivity index (χ1v) is 8.67. The number of aromatic nitrogens is 3. The number of thioether (sulfide) groups is 1. The van der Waals surface area contributed by atoms with Crippen LogP contribution in [0.2, 0.25) is 0 Å². The number of hydrogen-bond donors (Lipinski definition) is 1. The normalized spacial score (nSPS) is 17.2. The molecule has 1 aromatic carbocycles. The standard InChI is InChI=1S/C16H18N4O3S/c1-11-4-6-12(7-5-11)20-10-17-18-16(20)24-9-14(21)19-8-2-3-13(19)15(22)23/h4-7,10,13H,2-3,8-9H2,1H3,(H,22,23). The fourth-order valence-electron chi connectivity index (χ4n) is 2.74. The summed E-state index contributed by atoms with van der Waals surface area (Å²) in [4.78, 5) is 25.0. The smallest absolute Gasteiger partial charge is 0.326 e. The van der Waals surface area contributed by atoms with E-state index < -0.39 is 12.0 Å². The summed E-state index contributed by atoms with van der Waals surface area (Å²) in [6.45, 7) is 2.51. The van der Waals surface area contributed by atoms with Gasteiger partial charge in [-0.3, -0.25) is 9.36 Å². The third-order valence-corrected chi connectivity index (χ3v) is 4.94. The molecule has 8 heteroatoms. The maximum atomic E-state index is 12.3. The van der Waals surface area contributed by atoms with E-state index in [-0.39, 0.29) is 11.7 Å². The Morgan fingerprint density at radius 1 is 1.33 bits per heavy atom. The van der Waals surface area contributed by atoms with Crippen molar-refractivity contribution in [2.75, 3.05) is 12.3 Å². The Bertz CT molecular complexity index is 744. The number of benzene rings is 1. The van der Waals surface area contributed by atoms with Crippen molar-refractivity contribution in [3.8, 4) is 5.69 Å². The number of hydrogen-bond acceptors (Lipinski definition) is 5. The third-order valence-electron chi connectivity index (χ3n) is 4.01. The lowest BCUT2D eigenvalue weighted by molar-refractivity contribution is -0.147. The molecule has 1 amide bonds. The molecule has 1 unspecified atom stereocenters. The lowest BCUT2D eigenvalue weighted by atomic mass is 10.2. The number of carboxylic acids is 1. The molecule has 0 spiro atoms. The Balaban J connectivity index is 1.67. The summed E-state index contributed by atoms with van der Waals surface area (Å²) >= 11 is 1.27. The minimum Gasteiger partial charge on any atom is -0.480 e. The Morgan fingerprint density at radius 2 is 2.08 bits per heavy atom. The van der Waals surface area contributed by atoms with E-state index in [1.165, 1.54) is 16.7 Å². The molecule has 0 bridgehead atoms. The number of aliphatic carboxylic acids is 1. The molecule has 1 atom stereocenters. The molecule has 1 N–H and O–H groups in total. The van der Waals surface area contributed by atoms with Crippen LogP contribution in [0.5, 0.6) is 0 Å². The van der Waals surface area contributed by atoms with E-state index in [0.717, 1.165) is 17.7 Å². The fraction of sp³-hybridized carbons (Fsp3) is 0.375. The van der Waals surface area contributed by atoms with E-state index in [2.05, 4.69) is 10.2 Å². The number of aryl methyl sites for hydroxylation is 1. The molecule has 7 nitrogen and oxygen atoms in total. The molecule has 1 aromatic heterocycles. The Hall–Kier alpha value is -2.35. The van der Waals surface area contributed by atoms with E-state index in [4.69, 9.17) is 0 Å². The number of amides is 1. The summed E-state index contributed by atoms with van der Waals surface area (Å²) in [7, 11) is 0. The zero-order chi connectivity index (χ0) is 17.1. The van der Waals surface area contributed by atoms with Crippen molar-refractivity contribution in [3.63, 3.8) is 0 Å². The SMILES string of the molecule is Cc1ccc(-n2cnnc2SCC(=O)N2CCCC2C(=O)O)cc1. The molecule has 0 radical (unpaired) electrons. The summed E-state index contributed by atoms with van der Waals surface area (Å²) in [6, 6.07) is 7.22. The minimum absolute atomic E-state index is 0.147. The van der Waals surface area contributed by atoms with Crippen molar-refractivity contribution in [2.45, 2.75) is 31.0 Å². The van der Waals surface area contributed by atoms with Gasteiger partial charge in [-0.25, -0.2) is 4.79 Å². The number of carbonyl (C=O) groups is 2. The van der Waals surface area contributed by atoms with Crippen LogP contribution in [-0.4, -0.2) is 55.0 Å². The first-order valence-electron chi connectivity index (χ1n) is 7.68. The van der Waals surface area contributed by atoms with Gasteiger partial charge in [0.15, 0.2) is 5.16 Å². The molecule has 1 saturated heterocycles. The monoisotopic (exact) mass is 346 g/mol. The fourth-order valence-corrected chi connectivity index (χ4v) is 3.55. The summed E-state index contributed by atoms with van der Waals surface area (Å²) in [5, 5.41) is 17.8. The Kier molecular flexibility index (Phi) is 4.84. The predicted octanol–water partition coefficient (Wildman–Crippen LogP) is 1.74. The number of carbonyl (C=O) groups excluding carboxylic acids is 1. The lowest BCUT2D eigenvalue weighted by Gasteiger charge is -2.21. The third kappa shape index (κ3) is 3.43. The van der Waals surface area contributed by atoms with E-state index >= 15 is 0 Å². The molecule has 3 rings (SSSR count). The molecule has 0 aliphatic carbocycles. The molecule has 126 valence electrons. The van der Waals surface area contributed by atoms with Gasteiger partial charge in [0.05, 0.1) is 5.75 Å². The van der Waals surface area contributed by atoms with Crippen molar-refractivity contribution in [1.82, 2.24) is 19.7 Å². The number of nitrogens with zero attached hydrogens (tertiary/aromatic N) is 4. The molecule has 1 aliphatic heterocycles. The molecule has 24 heavy (non-hydrogen) atoms. The highest BCUT2D eigenvalue weighted by Gasteiger charge is 2.33. The predicted molar refractivity (Wildman–Crippen MR) is 89.2 cm³/mol. The van der Waals surface area contributed by atoms with Gasteiger partial charge < -0.3 is 10.0 Å². The summed E-state index contributed by atoms with van der Waals surface area (Å²) in [6.07, 6.45) is 2.85. The zero-order valence-electron chi connectivity index (χ0n) is 13.3. The van der Waals surface area contributed by atoms with Crippen molar-refractivity contribution >= 4 is 23.6 Å². The van der Waals surface area contributed by atoms with Crippen LogP contribution in [0.25, 0.3) is 5.69 Å². The van der Waals surface area contributed by atoms with E-state index in [1.807, 2.05) is 35.8 Å². The van der Waals surface area contributed by atoms with E-state index in [9.17, 15) is 14.7 Å². The highest BCUT2D eigenvalue weighted by molar-refractivity contribution is 7.99. The summed E-state index contributed by atoms with van der Waals surface area (Å²) < 4.78 is 1.82. The Labute approximate surface area is 143 Å². The molecule has 2 aromatic rings. The van der Waals surface area contributed by atoms with E-state index in [1.54, 1.807) is 6.33 Å². The van der Waals surface area contributed by atoms with Crippen molar-refractivity contribution in [2.24, 2.45) is 0 Å². The van der Waals surface area contributed by atoms with Crippen LogP contribution in [0, 0.1) is 6.92 Å². The highest BCUT2D eigenvalue weighted by Crippen LogP contribution is 2.23. The van der Waals surface area contributed by atoms with Gasteiger partial charge in [0.25, 0.3) is 0 Å². The molecular formula is C16H18N4O3S. The van der Waals surface area contributed by atoms with Gasteiger partial charge in [0.2, 0.25) is 5.91 Å². The van der Waals surface area contributed by atoms with Crippen LogP contribution in [0.15, 0.2) is 35.7 Å². The topological polar surface area (TPSA) is 88.3 Å². The van der Waals surface area contributed by atoms with E-state index in [0.29, 0.717) is 18.1 Å². The van der Waals surface area contributed by atoms with Gasteiger partial charge in [0, 0.05) is 12.2 Å². The van der Waals surface area contributed by atoms with Gasteiger partial charge in [-0.1, -0.05) is 29.5 Å². The van der Waals surface area contributed by atoms with Gasteiger partial charge in [-0.05, 0) is 31.9 Å². The second-order valence-corrected chi connectivity index (χ2v) is 6.63. The molecule has 0 saturated carbocycles. The van der Waals surface area contributed by atoms with Crippen LogP contribution < -0.4 is 0 Å². The maximum Gasteiger partial charge on any atom is 0.326 e. The average molecular weight is 346 g/mol. The second kappa shape index (κ2) is 7.04. The quantitative estimate of drug-likeness (QED) is 0.830. The van der Waals surface area contributed by atoms with Gasteiger partial charge in [-0.2, -0.15) is 0 Å². The minimum atomic E-state index is -0.936. The van der Waals surface area contributed by atoms with Crippen LogP contribution in [0.4, 0.5) is 0 Å². The van der Waals surface area contributed by atoms with Crippen molar-refractivity contribution in [3.05, 3.63) is 36.2 Å². The van der Waals surface area contributed by atoms with Crippen LogP contribution >= 0.6 is 11.8 Å². The van der Waals surface area contributed by atoms with Gasteiger partial charge in [0.1, 0.15) is 12.4 Å². The largest absolute Gasteiger partial charge is 0.480 e. The summed E-state index contributed by atoms with van der Waals surface area (Å²) in [5.74, 6) is -0.967. The Morgan fingerprint density at radius 3 is 2.79 bits per heavy atom. The molecule has 1 fully saturated rings. The van der Waals surface area contributed by atoms with Crippen LogP contribution in [0.1, 0.15) is 18.4 Å². The molecule has 1 aliphatic rings. The van der Waals surface area contributed by atoms with Crippen LogP contribution in [0.3, 0.4) is 0 Å². The zero-order valence-corrected chi connectivity index (χ0v) is 14.1. The van der Waals surface area contributed by atoms with Gasteiger partial charge in [-0.15, -0.1) is 10.2 Å². The second-order valence-electron chi connectivity index (χ2n) is 5.69. The van der Waals surface area contributed by atoms with Crippen LogP contribution in [-0.2, 0) is 9.59 Å². The average Bonchev–Trinajstić information content (AvgIpc) is 3.22. The number of carboxylic acid groups (broad SMARTS) is 1. The van der Waals surface area contributed by atoms with Gasteiger partial charge >= 0.3 is 5.97 Å². The first kappa shape index (κ1) is 16.5. The van der Waals surface area contributed by atoms with Crippen molar-refractivity contribution < 1.29 is 14.7 Å². The summed E-state index contributed by atoms with van der Waals surface area (Å²) in [5.41, 5.74) is 2.08. The number of rotatable bonds is 5.